The van der Waals surface area contributed by atoms with Crippen molar-refractivity contribution in [1.82, 2.24) is 10.2 Å². The number of piperidine rings is 1. The van der Waals surface area contributed by atoms with Crippen LogP contribution in [0.1, 0.15) is 40.0 Å². The zero-order chi connectivity index (χ0) is 17.0. The predicted molar refractivity (Wildman–Crippen MR) is 79.9 cm³/mol. The maximum Gasteiger partial charge on any atom is 0.225 e. The molecule has 1 radical (unpaired) electrons. The third-order valence-corrected chi connectivity index (χ3v) is 4.10. The summed E-state index contributed by atoms with van der Waals surface area (Å²) in [5, 5.41) is 12.1. The zero-order valence-electron chi connectivity index (χ0n) is 13.3. The Kier molecular flexibility index (Phi) is 5.53. The highest BCUT2D eigenvalue weighted by molar-refractivity contribution is 5.87. The lowest BCUT2D eigenvalue weighted by Crippen LogP contribution is -2.55. The molecule has 1 aliphatic heterocycles. The largest absolute Gasteiger partial charge is 0.369 e. The fourth-order valence-electron chi connectivity index (χ4n) is 2.20. The van der Waals surface area contributed by atoms with Gasteiger partial charge in [0.05, 0.1) is 12.5 Å². The Morgan fingerprint density at radius 1 is 1.36 bits per heavy atom. The summed E-state index contributed by atoms with van der Waals surface area (Å²) in [6.07, 6.45) is 2.33. The number of nitriles is 1. The Labute approximate surface area is 130 Å². The molecule has 0 spiro atoms. The van der Waals surface area contributed by atoms with Gasteiger partial charge < -0.3 is 16.0 Å². The van der Waals surface area contributed by atoms with Crippen molar-refractivity contribution in [3.63, 3.8) is 0 Å². The summed E-state index contributed by atoms with van der Waals surface area (Å²) in [6, 6.07) is 2.15. The second-order valence-corrected chi connectivity index (χ2v) is 6.35. The molecule has 1 aliphatic rings. The lowest BCUT2D eigenvalue weighted by Gasteiger charge is -2.37. The van der Waals surface area contributed by atoms with Crippen molar-refractivity contribution < 1.29 is 14.4 Å². The van der Waals surface area contributed by atoms with Crippen LogP contribution in [0, 0.1) is 23.2 Å². The van der Waals surface area contributed by atoms with E-state index in [2.05, 4.69) is 11.4 Å². The number of nitrogens with one attached hydrogen (secondary N) is 1. The summed E-state index contributed by atoms with van der Waals surface area (Å²) in [4.78, 5) is 36.2. The number of likely N-dealkylation sites (tertiary alicyclic amines) is 1. The quantitative estimate of drug-likeness (QED) is 0.750. The molecule has 0 aromatic rings. The van der Waals surface area contributed by atoms with E-state index in [1.165, 1.54) is 13.3 Å². The number of primary amides is 1. The number of nitrogens with zero attached hydrogens (tertiary/aromatic N) is 2. The lowest BCUT2D eigenvalue weighted by atomic mass is 9.85. The smallest absolute Gasteiger partial charge is 0.225 e. The van der Waals surface area contributed by atoms with Crippen molar-refractivity contribution in [2.24, 2.45) is 11.1 Å². The molecule has 0 bridgehead atoms. The van der Waals surface area contributed by atoms with Crippen molar-refractivity contribution in [3.8, 4) is 6.07 Å². The minimum atomic E-state index is -0.962. The van der Waals surface area contributed by atoms with E-state index in [4.69, 9.17) is 5.73 Å². The van der Waals surface area contributed by atoms with Crippen molar-refractivity contribution in [2.75, 3.05) is 13.1 Å². The Hall–Kier alpha value is -2.10. The first kappa shape index (κ1) is 18.0. The second kappa shape index (κ2) is 6.77. The molecule has 7 nitrogen and oxygen atoms in total. The molecule has 0 aliphatic carbocycles. The van der Waals surface area contributed by atoms with Crippen molar-refractivity contribution in [1.29, 1.82) is 5.26 Å². The third kappa shape index (κ3) is 4.45. The van der Waals surface area contributed by atoms with Crippen LogP contribution in [-0.4, -0.2) is 41.2 Å². The number of amides is 3. The highest BCUT2D eigenvalue weighted by Crippen LogP contribution is 2.24. The van der Waals surface area contributed by atoms with Crippen LogP contribution >= 0.6 is 0 Å². The molecule has 0 unspecified atom stereocenters. The fraction of sp³-hybridized carbons (Fsp3) is 0.667. The van der Waals surface area contributed by atoms with Crippen LogP contribution in [0.5, 0.6) is 0 Å². The molecule has 121 valence electrons. The molecule has 1 saturated heterocycles. The van der Waals surface area contributed by atoms with Crippen LogP contribution in [-0.2, 0) is 14.4 Å². The SMILES string of the molecule is CC(=O)N1CCC(C#N)(NC(=O)[CH]CC(C)(C)C(N)=O)CC1. The normalized spacial score (nSPS) is 17.5. The van der Waals surface area contributed by atoms with Crippen LogP contribution in [0.3, 0.4) is 0 Å². The summed E-state index contributed by atoms with van der Waals surface area (Å²) < 4.78 is 0. The molecule has 1 rings (SSSR count). The molecule has 0 atom stereocenters. The first-order chi connectivity index (χ1) is 10.1. The van der Waals surface area contributed by atoms with Crippen molar-refractivity contribution in [3.05, 3.63) is 6.42 Å². The molecule has 0 aromatic heterocycles. The molecule has 1 heterocycles. The minimum Gasteiger partial charge on any atom is -0.369 e. The minimum absolute atomic E-state index is 0.0346. The predicted octanol–water partition coefficient (Wildman–Crippen LogP) is 0.113. The number of hydrogen-bond acceptors (Lipinski definition) is 4. The Bertz CT molecular complexity index is 499. The van der Waals surface area contributed by atoms with E-state index < -0.39 is 22.8 Å². The zero-order valence-corrected chi connectivity index (χ0v) is 13.3. The van der Waals surface area contributed by atoms with Crippen LogP contribution in [0.25, 0.3) is 0 Å². The van der Waals surface area contributed by atoms with Gasteiger partial charge in [0.2, 0.25) is 17.7 Å². The van der Waals surface area contributed by atoms with E-state index in [-0.39, 0.29) is 12.3 Å². The van der Waals surface area contributed by atoms with E-state index >= 15 is 0 Å². The molecule has 22 heavy (non-hydrogen) atoms. The summed E-state index contributed by atoms with van der Waals surface area (Å²) in [6.45, 7) is 5.68. The number of rotatable bonds is 5. The van der Waals surface area contributed by atoms with Gasteiger partial charge in [0.1, 0.15) is 5.54 Å². The van der Waals surface area contributed by atoms with Gasteiger partial charge in [0.25, 0.3) is 0 Å². The van der Waals surface area contributed by atoms with Gasteiger partial charge in [-0.2, -0.15) is 5.26 Å². The summed E-state index contributed by atoms with van der Waals surface area (Å²) >= 11 is 0. The van der Waals surface area contributed by atoms with E-state index in [0.717, 1.165) is 0 Å². The molecule has 1 fully saturated rings. The molecular formula is C15H23N4O3. The van der Waals surface area contributed by atoms with E-state index in [1.54, 1.807) is 18.7 Å². The molecule has 3 amide bonds. The van der Waals surface area contributed by atoms with Gasteiger partial charge >= 0.3 is 0 Å². The maximum atomic E-state index is 12.0. The second-order valence-electron chi connectivity index (χ2n) is 6.35. The van der Waals surface area contributed by atoms with Gasteiger partial charge in [-0.05, 0) is 6.42 Å². The maximum absolute atomic E-state index is 12.0. The highest BCUT2D eigenvalue weighted by atomic mass is 16.2. The van der Waals surface area contributed by atoms with E-state index in [1.807, 2.05) is 0 Å². The average Bonchev–Trinajstić information content (AvgIpc) is 2.45. The van der Waals surface area contributed by atoms with E-state index in [0.29, 0.717) is 25.9 Å². The highest BCUT2D eigenvalue weighted by Gasteiger charge is 2.37. The van der Waals surface area contributed by atoms with Gasteiger partial charge in [-0.1, -0.05) is 13.8 Å². The molecule has 7 heteroatoms. The summed E-state index contributed by atoms with van der Waals surface area (Å²) in [5.41, 5.74) is 3.48. The van der Waals surface area contributed by atoms with Crippen LogP contribution < -0.4 is 11.1 Å². The first-order valence-electron chi connectivity index (χ1n) is 7.24. The Balaban J connectivity index is 2.57. The summed E-state index contributed by atoms with van der Waals surface area (Å²) in [7, 11) is 0. The number of hydrogen-bond donors (Lipinski definition) is 2. The average molecular weight is 307 g/mol. The van der Waals surface area contributed by atoms with Crippen LogP contribution in [0.4, 0.5) is 0 Å². The fourth-order valence-corrected chi connectivity index (χ4v) is 2.20. The van der Waals surface area contributed by atoms with Crippen LogP contribution in [0.2, 0.25) is 0 Å². The third-order valence-electron chi connectivity index (χ3n) is 4.10. The van der Waals surface area contributed by atoms with Crippen molar-refractivity contribution in [2.45, 2.75) is 45.6 Å². The van der Waals surface area contributed by atoms with Gasteiger partial charge in [0.15, 0.2) is 0 Å². The number of nitrogens with two attached hydrogens (primary N) is 1. The monoisotopic (exact) mass is 307 g/mol. The van der Waals surface area contributed by atoms with Gasteiger partial charge in [0, 0.05) is 38.3 Å². The molecule has 0 saturated carbocycles. The van der Waals surface area contributed by atoms with Gasteiger partial charge in [-0.3, -0.25) is 14.4 Å². The van der Waals surface area contributed by atoms with Gasteiger partial charge in [-0.15, -0.1) is 0 Å². The van der Waals surface area contributed by atoms with Crippen LogP contribution in [0.15, 0.2) is 0 Å². The van der Waals surface area contributed by atoms with Crippen molar-refractivity contribution >= 4 is 17.7 Å². The van der Waals surface area contributed by atoms with E-state index in [9.17, 15) is 19.6 Å². The molecular weight excluding hydrogens is 284 g/mol. The lowest BCUT2D eigenvalue weighted by molar-refractivity contribution is -0.130. The number of carbonyl (C=O) groups is 3. The molecule has 0 aromatic carbocycles. The summed E-state index contributed by atoms with van der Waals surface area (Å²) in [5.74, 6) is -0.916. The molecule has 3 N–H and O–H groups in total. The Morgan fingerprint density at radius 2 is 1.91 bits per heavy atom. The topological polar surface area (TPSA) is 116 Å². The number of carbonyl (C=O) groups excluding carboxylic acids is 3. The van der Waals surface area contributed by atoms with Gasteiger partial charge in [-0.25, -0.2) is 0 Å². The Morgan fingerprint density at radius 3 is 2.32 bits per heavy atom. The standard InChI is InChI=1S/C15H23N4O3/c1-11(20)19-8-6-15(10-16,7-9-19)18-12(21)4-5-14(2,3)13(17)22/h4H,5-9H2,1-3H3,(H2,17,22)(H,18,21). The first-order valence-corrected chi connectivity index (χ1v) is 7.24.